The highest BCUT2D eigenvalue weighted by Crippen LogP contribution is 2.38. The van der Waals surface area contributed by atoms with Crippen molar-refractivity contribution in [3.05, 3.63) is 121 Å². The Hall–Kier alpha value is -3.44. The van der Waals surface area contributed by atoms with E-state index in [2.05, 4.69) is 35.4 Å². The molecule has 0 spiro atoms. The van der Waals surface area contributed by atoms with Crippen LogP contribution in [0.3, 0.4) is 0 Å². The van der Waals surface area contributed by atoms with Crippen molar-refractivity contribution in [2.24, 2.45) is 14.1 Å². The monoisotopic (exact) mass is 565 g/mol. The van der Waals surface area contributed by atoms with Crippen LogP contribution in [0, 0.1) is 6.92 Å². The predicted octanol–water partition coefficient (Wildman–Crippen LogP) is 3.18. The van der Waals surface area contributed by atoms with Crippen molar-refractivity contribution in [1.82, 2.24) is 4.57 Å². The van der Waals surface area contributed by atoms with Crippen LogP contribution in [0.1, 0.15) is 18.2 Å². The van der Waals surface area contributed by atoms with E-state index in [1.807, 2.05) is 68.2 Å². The fourth-order valence-corrected chi connectivity index (χ4v) is 6.40. The van der Waals surface area contributed by atoms with E-state index in [0.29, 0.717) is 0 Å². The molecule has 4 aromatic rings. The molecule has 10 heteroatoms. The van der Waals surface area contributed by atoms with Crippen LogP contribution in [0.15, 0.2) is 99.8 Å². The molecule has 196 valence electrons. The molecule has 0 saturated heterocycles. The molecule has 2 aromatic heterocycles. The number of nitrogens with zero attached hydrogens (tertiary/aromatic N) is 3. The lowest BCUT2D eigenvalue weighted by Gasteiger charge is -2.20. The van der Waals surface area contributed by atoms with E-state index in [9.17, 15) is 17.8 Å². The summed E-state index contributed by atoms with van der Waals surface area (Å²) in [5.74, 6) is 0. The fraction of sp³-hybridized carbons (Fsp3) is 0.143. The topological polar surface area (TPSA) is 86.3 Å². The average Bonchev–Trinajstić information content (AvgIpc) is 3.40. The quantitative estimate of drug-likeness (QED) is 0.280. The summed E-state index contributed by atoms with van der Waals surface area (Å²) in [7, 11) is -0.427. The van der Waals surface area contributed by atoms with Crippen molar-refractivity contribution >= 4 is 50.0 Å². The molecule has 0 N–H and O–H groups in total. The summed E-state index contributed by atoms with van der Waals surface area (Å²) in [6.45, 7) is 3.89. The lowest BCUT2D eigenvalue weighted by atomic mass is 10.2. The molecular formula is C28H27N3O4S3. The van der Waals surface area contributed by atoms with Gasteiger partial charge in [-0.2, -0.15) is 0 Å². The van der Waals surface area contributed by atoms with Gasteiger partial charge in [0.15, 0.2) is 6.20 Å². The van der Waals surface area contributed by atoms with Gasteiger partial charge in [0, 0.05) is 36.6 Å². The molecule has 0 radical (unpaired) electrons. The summed E-state index contributed by atoms with van der Waals surface area (Å²) < 4.78 is 36.6. The fourth-order valence-electron chi connectivity index (χ4n) is 3.71. The maximum atomic E-state index is 13.0. The Bertz CT molecular complexity index is 1770. The molecule has 1 aliphatic heterocycles. The minimum Gasteiger partial charge on any atom is -0.744 e. The van der Waals surface area contributed by atoms with Crippen LogP contribution in [0.25, 0.3) is 11.1 Å². The number of thiazole rings is 1. The molecule has 0 unspecified atom stereocenters. The zero-order valence-corrected chi connectivity index (χ0v) is 23.8. The molecule has 7 nitrogen and oxygen atoms in total. The molecule has 0 aliphatic carbocycles. The van der Waals surface area contributed by atoms with E-state index in [4.69, 9.17) is 0 Å². The van der Waals surface area contributed by atoms with Crippen LogP contribution >= 0.6 is 23.1 Å². The van der Waals surface area contributed by atoms with Gasteiger partial charge in [0.1, 0.15) is 31.4 Å². The van der Waals surface area contributed by atoms with Crippen LogP contribution in [-0.4, -0.2) is 17.5 Å². The van der Waals surface area contributed by atoms with Crippen molar-refractivity contribution < 1.29 is 17.5 Å². The smallest absolute Gasteiger partial charge is 0.271 e. The highest BCUT2D eigenvalue weighted by molar-refractivity contribution is 8.11. The number of thioether (sulfide) groups is 1. The summed E-state index contributed by atoms with van der Waals surface area (Å²) in [5, 5.41) is 3.07. The van der Waals surface area contributed by atoms with E-state index < -0.39 is 10.1 Å². The Balaban J connectivity index is 0.000000257. The number of para-hydroxylation sites is 1. The SMILES string of the molecule is CC1=CS/C(=c2/s/c(=C\c3cccc[n+]3C)n(C)c2=O)N1c1ccccc1.Cc1ccc(S(=O)(=O)[O-])cc1. The largest absolute Gasteiger partial charge is 0.744 e. The second kappa shape index (κ2) is 11.5. The van der Waals surface area contributed by atoms with Crippen molar-refractivity contribution in [2.45, 2.75) is 18.7 Å². The van der Waals surface area contributed by atoms with Gasteiger partial charge < -0.3 is 14.0 Å². The van der Waals surface area contributed by atoms with E-state index in [1.165, 1.54) is 23.5 Å². The van der Waals surface area contributed by atoms with Crippen LogP contribution < -0.4 is 24.2 Å². The Morgan fingerprint density at radius 1 is 0.947 bits per heavy atom. The van der Waals surface area contributed by atoms with E-state index in [-0.39, 0.29) is 10.5 Å². The second-order valence-corrected chi connectivity index (χ2v) is 11.9. The van der Waals surface area contributed by atoms with Crippen molar-refractivity contribution in [3.8, 4) is 0 Å². The van der Waals surface area contributed by atoms with Gasteiger partial charge in [-0.25, -0.2) is 13.0 Å². The van der Waals surface area contributed by atoms with Crippen molar-refractivity contribution in [1.29, 1.82) is 0 Å². The number of aryl methyl sites for hydroxylation is 2. The van der Waals surface area contributed by atoms with Gasteiger partial charge in [0.05, 0.1) is 4.90 Å². The van der Waals surface area contributed by atoms with Crippen molar-refractivity contribution in [2.75, 3.05) is 4.90 Å². The molecule has 1 aliphatic rings. The van der Waals surface area contributed by atoms with Gasteiger partial charge in [-0.1, -0.05) is 47.7 Å². The lowest BCUT2D eigenvalue weighted by Crippen LogP contribution is -2.34. The van der Waals surface area contributed by atoms with Gasteiger partial charge in [-0.05, 0) is 49.6 Å². The predicted molar refractivity (Wildman–Crippen MR) is 153 cm³/mol. The maximum Gasteiger partial charge on any atom is 0.271 e. The van der Waals surface area contributed by atoms with E-state index in [0.717, 1.165) is 36.9 Å². The molecule has 2 aromatic carbocycles. The van der Waals surface area contributed by atoms with Gasteiger partial charge in [-0.15, -0.1) is 11.3 Å². The zero-order valence-electron chi connectivity index (χ0n) is 21.4. The van der Waals surface area contributed by atoms with Crippen LogP contribution in [0.5, 0.6) is 0 Å². The van der Waals surface area contributed by atoms with Crippen LogP contribution in [0.2, 0.25) is 0 Å². The number of aromatic nitrogens is 2. The number of benzene rings is 2. The third kappa shape index (κ3) is 6.16. The molecule has 0 fully saturated rings. The molecule has 0 saturated carbocycles. The molecule has 3 heterocycles. The van der Waals surface area contributed by atoms with E-state index in [1.54, 1.807) is 28.5 Å². The molecule has 0 bridgehead atoms. The van der Waals surface area contributed by atoms with Gasteiger partial charge in [-0.3, -0.25) is 4.79 Å². The normalized spacial score (nSPS) is 15.2. The summed E-state index contributed by atoms with van der Waals surface area (Å²) in [6, 6.07) is 22.0. The van der Waals surface area contributed by atoms with Gasteiger partial charge in [0.25, 0.3) is 5.56 Å². The number of anilines is 1. The molecule has 5 rings (SSSR count). The Morgan fingerprint density at radius 2 is 1.61 bits per heavy atom. The third-order valence-electron chi connectivity index (χ3n) is 5.82. The second-order valence-electron chi connectivity index (χ2n) is 8.63. The Kier molecular flexibility index (Phi) is 8.37. The highest BCUT2D eigenvalue weighted by Gasteiger charge is 2.23. The standard InChI is InChI=1S/C21H20N3OS2.C7H8O3S/c1-15-14-26-21(24(15)16-9-5-4-6-10-16)19-20(25)23(3)18(27-19)13-17-11-7-8-12-22(17)2;1-6-2-4-7(5-3-6)11(8,9)10/h4-14H,1-3H3;2-5H,1H3,(H,8,9,10)/q+1;/p-1/b21-19+;. The maximum absolute atomic E-state index is 13.0. The third-order valence-corrected chi connectivity index (χ3v) is 9.04. The zero-order chi connectivity index (χ0) is 27.4. The van der Waals surface area contributed by atoms with E-state index >= 15 is 0 Å². The summed E-state index contributed by atoms with van der Waals surface area (Å²) in [6.07, 6.45) is 4.06. The lowest BCUT2D eigenvalue weighted by molar-refractivity contribution is -0.673. The number of rotatable bonds is 3. The Morgan fingerprint density at radius 3 is 2.24 bits per heavy atom. The molecule has 0 amide bonds. The first-order chi connectivity index (χ1) is 18.1. The highest BCUT2D eigenvalue weighted by atomic mass is 32.2. The molecule has 0 atom stereocenters. The minimum atomic E-state index is -4.27. The average molecular weight is 566 g/mol. The number of allylic oxidation sites excluding steroid dienone is 1. The van der Waals surface area contributed by atoms with Gasteiger partial charge in [0.2, 0.25) is 5.69 Å². The Labute approximate surface area is 230 Å². The summed E-state index contributed by atoms with van der Waals surface area (Å²) in [5.41, 5.74) is 4.21. The molecule has 38 heavy (non-hydrogen) atoms. The van der Waals surface area contributed by atoms with Gasteiger partial charge >= 0.3 is 0 Å². The first-order valence-corrected chi connectivity index (χ1v) is 14.7. The van der Waals surface area contributed by atoms with Crippen LogP contribution in [-0.2, 0) is 24.2 Å². The first kappa shape index (κ1) is 27.6. The minimum absolute atomic E-state index is 0.0383. The summed E-state index contributed by atoms with van der Waals surface area (Å²) in [4.78, 5) is 15.0. The number of hydrogen-bond acceptors (Lipinski definition) is 7. The number of hydrogen-bond donors (Lipinski definition) is 0. The first-order valence-electron chi connectivity index (χ1n) is 11.6. The summed E-state index contributed by atoms with van der Waals surface area (Å²) >= 11 is 3.15. The molecular weight excluding hydrogens is 539 g/mol. The van der Waals surface area contributed by atoms with Crippen molar-refractivity contribution in [3.63, 3.8) is 0 Å². The number of pyridine rings is 1. The van der Waals surface area contributed by atoms with Crippen LogP contribution in [0.4, 0.5) is 5.69 Å².